The number of methoxy groups -OCH3 is 1. The zero-order valence-corrected chi connectivity index (χ0v) is 15.7. The van der Waals surface area contributed by atoms with Gasteiger partial charge in [-0.15, -0.1) is 0 Å². The largest absolute Gasteiger partial charge is 0.495 e. The number of thiocarbonyl (C=S) groups is 1. The third-order valence-corrected chi connectivity index (χ3v) is 3.63. The summed E-state index contributed by atoms with van der Waals surface area (Å²) in [6, 6.07) is 12.1. The van der Waals surface area contributed by atoms with Crippen LogP contribution < -0.4 is 20.1 Å². The van der Waals surface area contributed by atoms with E-state index in [1.54, 1.807) is 36.4 Å². The van der Waals surface area contributed by atoms with E-state index < -0.39 is 0 Å². The first-order valence-corrected chi connectivity index (χ1v) is 8.41. The highest BCUT2D eigenvalue weighted by Gasteiger charge is 2.14. The molecule has 0 saturated heterocycles. The molecule has 0 radical (unpaired) electrons. The number of anilines is 1. The maximum atomic E-state index is 12.5. The van der Waals surface area contributed by atoms with E-state index in [2.05, 4.69) is 10.6 Å². The quantitative estimate of drug-likeness (QED) is 0.761. The molecule has 0 aliphatic rings. The topological polar surface area (TPSA) is 59.6 Å². The minimum Gasteiger partial charge on any atom is -0.495 e. The van der Waals surface area contributed by atoms with E-state index in [0.717, 1.165) is 0 Å². The van der Waals surface area contributed by atoms with Gasteiger partial charge in [-0.3, -0.25) is 10.1 Å². The maximum Gasteiger partial charge on any atom is 0.261 e. The summed E-state index contributed by atoms with van der Waals surface area (Å²) in [5.74, 6) is 0.709. The highest BCUT2D eigenvalue weighted by Crippen LogP contribution is 2.27. The first kappa shape index (κ1) is 19.0. The fourth-order valence-corrected chi connectivity index (χ4v) is 2.56. The molecule has 2 aromatic rings. The minimum absolute atomic E-state index is 0.0412. The molecule has 0 aliphatic carbocycles. The summed E-state index contributed by atoms with van der Waals surface area (Å²) in [5, 5.41) is 6.15. The summed E-state index contributed by atoms with van der Waals surface area (Å²) >= 11 is 11.3. The third-order valence-electron chi connectivity index (χ3n) is 3.13. The average molecular weight is 379 g/mol. The monoisotopic (exact) mass is 378 g/mol. The van der Waals surface area contributed by atoms with Crippen molar-refractivity contribution in [2.24, 2.45) is 0 Å². The molecule has 132 valence electrons. The van der Waals surface area contributed by atoms with Crippen LogP contribution in [-0.4, -0.2) is 24.2 Å². The van der Waals surface area contributed by atoms with Gasteiger partial charge in [-0.2, -0.15) is 0 Å². The number of hydrogen-bond donors (Lipinski definition) is 2. The summed E-state index contributed by atoms with van der Waals surface area (Å²) in [6.07, 6.45) is -0.0412. The number of benzene rings is 2. The Hall–Kier alpha value is -2.31. The van der Waals surface area contributed by atoms with Gasteiger partial charge in [-0.1, -0.05) is 23.7 Å². The Morgan fingerprint density at radius 3 is 2.52 bits per heavy atom. The van der Waals surface area contributed by atoms with Gasteiger partial charge in [-0.25, -0.2) is 0 Å². The van der Waals surface area contributed by atoms with Crippen LogP contribution in [0.3, 0.4) is 0 Å². The van der Waals surface area contributed by atoms with Gasteiger partial charge in [0.15, 0.2) is 5.11 Å². The Morgan fingerprint density at radius 2 is 1.88 bits per heavy atom. The van der Waals surface area contributed by atoms with Crippen molar-refractivity contribution in [1.29, 1.82) is 0 Å². The Balaban J connectivity index is 2.06. The van der Waals surface area contributed by atoms with Crippen molar-refractivity contribution in [1.82, 2.24) is 5.32 Å². The summed E-state index contributed by atoms with van der Waals surface area (Å²) in [5.41, 5.74) is 1.05. The van der Waals surface area contributed by atoms with Crippen LogP contribution in [0.1, 0.15) is 24.2 Å². The predicted molar refractivity (Wildman–Crippen MR) is 104 cm³/mol. The van der Waals surface area contributed by atoms with E-state index >= 15 is 0 Å². The molecule has 5 nitrogen and oxygen atoms in total. The van der Waals surface area contributed by atoms with Gasteiger partial charge in [0.2, 0.25) is 0 Å². The Bertz CT molecular complexity index is 781. The normalized spacial score (nSPS) is 10.3. The van der Waals surface area contributed by atoms with E-state index in [1.807, 2.05) is 19.9 Å². The number of para-hydroxylation sites is 1. The fourth-order valence-electron chi connectivity index (χ4n) is 2.09. The van der Waals surface area contributed by atoms with Crippen LogP contribution in [0.15, 0.2) is 42.5 Å². The molecule has 0 saturated carbocycles. The molecule has 1 amide bonds. The first-order chi connectivity index (χ1) is 11.9. The van der Waals surface area contributed by atoms with Crippen molar-refractivity contribution in [2.45, 2.75) is 20.0 Å². The highest BCUT2D eigenvalue weighted by atomic mass is 35.5. The molecule has 0 spiro atoms. The zero-order chi connectivity index (χ0) is 18.4. The number of amides is 1. The summed E-state index contributed by atoms with van der Waals surface area (Å²) in [7, 11) is 1.54. The van der Waals surface area contributed by atoms with Crippen molar-refractivity contribution < 1.29 is 14.3 Å². The lowest BCUT2D eigenvalue weighted by atomic mass is 10.2. The lowest BCUT2D eigenvalue weighted by molar-refractivity contribution is 0.0972. The molecule has 0 fully saturated rings. The van der Waals surface area contributed by atoms with Gasteiger partial charge in [0.25, 0.3) is 5.91 Å². The van der Waals surface area contributed by atoms with E-state index in [9.17, 15) is 4.79 Å². The van der Waals surface area contributed by atoms with Crippen molar-refractivity contribution in [3.8, 4) is 11.5 Å². The second kappa shape index (κ2) is 8.69. The lowest BCUT2D eigenvalue weighted by Crippen LogP contribution is -2.34. The third kappa shape index (κ3) is 5.34. The first-order valence-electron chi connectivity index (χ1n) is 7.62. The molecule has 2 aromatic carbocycles. The predicted octanol–water partition coefficient (Wildman–Crippen LogP) is 4.26. The second-order valence-electron chi connectivity index (χ2n) is 5.42. The van der Waals surface area contributed by atoms with Crippen LogP contribution in [0.2, 0.25) is 5.02 Å². The molecular formula is C18H19ClN2O3S. The van der Waals surface area contributed by atoms with Crippen LogP contribution in [0.25, 0.3) is 0 Å². The van der Waals surface area contributed by atoms with Crippen molar-refractivity contribution in [2.75, 3.05) is 12.4 Å². The molecule has 2 N–H and O–H groups in total. The maximum absolute atomic E-state index is 12.5. The van der Waals surface area contributed by atoms with Gasteiger partial charge >= 0.3 is 0 Å². The molecule has 0 aliphatic heterocycles. The number of halogens is 1. The summed E-state index contributed by atoms with van der Waals surface area (Å²) < 4.78 is 10.7. The van der Waals surface area contributed by atoms with Crippen LogP contribution in [0.4, 0.5) is 5.69 Å². The number of carbonyl (C=O) groups is 1. The summed E-state index contributed by atoms with van der Waals surface area (Å²) in [4.78, 5) is 12.5. The molecule has 0 atom stereocenters. The van der Waals surface area contributed by atoms with Crippen LogP contribution in [-0.2, 0) is 0 Å². The van der Waals surface area contributed by atoms with Gasteiger partial charge in [0.1, 0.15) is 11.5 Å². The lowest BCUT2D eigenvalue weighted by Gasteiger charge is -2.15. The minimum atomic E-state index is -0.353. The van der Waals surface area contributed by atoms with Gasteiger partial charge in [0.05, 0.1) is 23.8 Å². The number of ether oxygens (including phenoxy) is 2. The number of nitrogens with one attached hydrogen (secondary N) is 2. The van der Waals surface area contributed by atoms with E-state index in [1.165, 1.54) is 7.11 Å². The molecule has 2 rings (SSSR count). The fraction of sp³-hybridized carbons (Fsp3) is 0.222. The van der Waals surface area contributed by atoms with Gasteiger partial charge in [-0.05, 0) is 56.4 Å². The van der Waals surface area contributed by atoms with E-state index in [4.69, 9.17) is 33.3 Å². The molecule has 0 unspecified atom stereocenters. The smallest absolute Gasteiger partial charge is 0.261 e. The molecule has 25 heavy (non-hydrogen) atoms. The molecular weight excluding hydrogens is 360 g/mol. The van der Waals surface area contributed by atoms with E-state index in [0.29, 0.717) is 27.8 Å². The summed E-state index contributed by atoms with van der Waals surface area (Å²) in [6.45, 7) is 3.79. The van der Waals surface area contributed by atoms with Crippen LogP contribution in [0, 0.1) is 0 Å². The second-order valence-corrected chi connectivity index (χ2v) is 6.24. The Morgan fingerprint density at radius 1 is 1.16 bits per heavy atom. The number of hydrogen-bond acceptors (Lipinski definition) is 4. The number of rotatable bonds is 5. The standard InChI is InChI=1S/C18H19ClN2O3S/c1-11(2)24-15-7-5-4-6-13(15)17(22)21-18(25)20-12-8-9-16(23-3)14(19)10-12/h4-11H,1-3H3,(H2,20,21,22,25). The molecule has 0 aromatic heterocycles. The van der Waals surface area contributed by atoms with Crippen molar-refractivity contribution in [3.63, 3.8) is 0 Å². The highest BCUT2D eigenvalue weighted by molar-refractivity contribution is 7.80. The molecule has 0 bridgehead atoms. The van der Waals surface area contributed by atoms with Crippen molar-refractivity contribution in [3.05, 3.63) is 53.1 Å². The average Bonchev–Trinajstić information content (AvgIpc) is 2.54. The Labute approximate surface area is 157 Å². The van der Waals surface area contributed by atoms with E-state index in [-0.39, 0.29) is 17.1 Å². The zero-order valence-electron chi connectivity index (χ0n) is 14.1. The van der Waals surface area contributed by atoms with Gasteiger partial charge in [0, 0.05) is 5.69 Å². The Kier molecular flexibility index (Phi) is 6.61. The molecule has 0 heterocycles. The number of carbonyl (C=O) groups excluding carboxylic acids is 1. The van der Waals surface area contributed by atoms with Gasteiger partial charge < -0.3 is 14.8 Å². The van der Waals surface area contributed by atoms with Crippen LogP contribution >= 0.6 is 23.8 Å². The molecule has 7 heteroatoms. The SMILES string of the molecule is COc1ccc(NC(=S)NC(=O)c2ccccc2OC(C)C)cc1Cl. The van der Waals surface area contributed by atoms with Crippen LogP contribution in [0.5, 0.6) is 11.5 Å². The van der Waals surface area contributed by atoms with Crippen molar-refractivity contribution >= 4 is 40.5 Å².